The summed E-state index contributed by atoms with van der Waals surface area (Å²) in [6, 6.07) is 10.9. The fourth-order valence-electron chi connectivity index (χ4n) is 9.21. The molecule has 57 heavy (non-hydrogen) atoms. The van der Waals surface area contributed by atoms with Crippen LogP contribution < -0.4 is 15.5 Å². The van der Waals surface area contributed by atoms with E-state index >= 15 is 8.78 Å². The number of hydrogen-bond acceptors (Lipinski definition) is 10. The molecule has 0 spiro atoms. The Bertz CT molecular complexity index is 2340. The van der Waals surface area contributed by atoms with Gasteiger partial charge in [0.15, 0.2) is 5.58 Å². The number of furan rings is 1. The Morgan fingerprint density at radius 2 is 1.63 bits per heavy atom. The summed E-state index contributed by atoms with van der Waals surface area (Å²) in [7, 11) is 0. The first-order chi connectivity index (χ1) is 27.4. The van der Waals surface area contributed by atoms with Crippen LogP contribution in [0.25, 0.3) is 22.0 Å². The molecular weight excluding hydrogens is 735 g/mol. The molecule has 1 aliphatic carbocycles. The zero-order valence-electron chi connectivity index (χ0n) is 32.0. The van der Waals surface area contributed by atoms with Gasteiger partial charge in [-0.05, 0) is 82.3 Å². The van der Waals surface area contributed by atoms with Crippen molar-refractivity contribution < 1.29 is 32.7 Å². The number of amides is 3. The van der Waals surface area contributed by atoms with E-state index in [1.165, 1.54) is 18.4 Å². The molecule has 4 aliphatic rings. The largest absolute Gasteiger partial charge is 0.462 e. The maximum Gasteiger partial charge on any atom is 0.261 e. The highest BCUT2D eigenvalue weighted by atomic mass is 19.1. The number of halogens is 2. The van der Waals surface area contributed by atoms with Gasteiger partial charge in [-0.25, -0.2) is 8.78 Å². The number of benzene rings is 2. The Balaban J connectivity index is 0.783. The minimum atomic E-state index is -1.23. The zero-order chi connectivity index (χ0) is 39.6. The Kier molecular flexibility index (Phi) is 9.56. The smallest absolute Gasteiger partial charge is 0.261 e. The van der Waals surface area contributed by atoms with Crippen LogP contribution >= 0.6 is 0 Å². The number of nitrogens with zero attached hydrogens (tertiary/aromatic N) is 6. The Morgan fingerprint density at radius 3 is 2.32 bits per heavy atom. The number of piperazine rings is 1. The van der Waals surface area contributed by atoms with Gasteiger partial charge in [-0.2, -0.15) is 5.10 Å². The molecule has 15 heteroatoms. The maximum atomic E-state index is 15.1. The first kappa shape index (κ1) is 37.3. The number of fused-ring (bicyclic) bond motifs is 2. The molecule has 4 fully saturated rings. The third kappa shape index (κ3) is 7.16. The van der Waals surface area contributed by atoms with E-state index < -0.39 is 35.0 Å². The van der Waals surface area contributed by atoms with Crippen LogP contribution in [0, 0.1) is 11.6 Å². The average molecular weight is 781 g/mol. The molecule has 3 aromatic heterocycles. The van der Waals surface area contributed by atoms with Crippen LogP contribution in [-0.2, 0) is 15.2 Å². The second-order valence-electron chi connectivity index (χ2n) is 16.5. The van der Waals surface area contributed by atoms with E-state index in [-0.39, 0.29) is 30.4 Å². The van der Waals surface area contributed by atoms with Crippen LogP contribution in [0.5, 0.6) is 0 Å². The van der Waals surface area contributed by atoms with Crippen LogP contribution in [0.3, 0.4) is 0 Å². The normalized spacial score (nSPS) is 22.9. The summed E-state index contributed by atoms with van der Waals surface area (Å²) in [6.07, 6.45) is 9.32. The van der Waals surface area contributed by atoms with Gasteiger partial charge in [-0.15, -0.1) is 0 Å². The molecule has 6 heterocycles. The van der Waals surface area contributed by atoms with Crippen molar-refractivity contribution in [3.05, 3.63) is 83.4 Å². The molecule has 0 bridgehead atoms. The van der Waals surface area contributed by atoms with Crippen LogP contribution in [0.4, 0.5) is 20.2 Å². The second kappa shape index (κ2) is 14.6. The summed E-state index contributed by atoms with van der Waals surface area (Å²) in [5.74, 6) is -3.95. The molecule has 1 atom stereocenters. The lowest BCUT2D eigenvalue weighted by molar-refractivity contribution is -0.134. The quantitative estimate of drug-likeness (QED) is 0.174. The van der Waals surface area contributed by atoms with Crippen molar-refractivity contribution in [2.24, 2.45) is 0 Å². The SMILES string of the molecule is CC(C)(O)c1cc2nn(C3CCC(N4CCN(C5CN(c6cc(F)c([C@H]7CCC(=O)NC7=O)c(F)c6)C5)CC4)CC3)cc2cc1NC(=O)c1coc2cccnc12. The Labute approximate surface area is 328 Å². The van der Waals surface area contributed by atoms with E-state index in [9.17, 15) is 19.5 Å². The first-order valence-electron chi connectivity index (χ1n) is 19.8. The van der Waals surface area contributed by atoms with Gasteiger partial charge in [0.1, 0.15) is 29.0 Å². The van der Waals surface area contributed by atoms with Crippen molar-refractivity contribution in [1.29, 1.82) is 0 Å². The molecule has 3 amide bonds. The number of rotatable bonds is 8. The molecule has 5 aromatic rings. The van der Waals surface area contributed by atoms with Gasteiger partial charge in [0, 0.05) is 98.1 Å². The molecule has 3 saturated heterocycles. The summed E-state index contributed by atoms with van der Waals surface area (Å²) in [5, 5.41) is 22.1. The summed E-state index contributed by atoms with van der Waals surface area (Å²) in [4.78, 5) is 48.5. The van der Waals surface area contributed by atoms with Crippen molar-refractivity contribution in [2.45, 2.75) is 82.0 Å². The molecule has 0 unspecified atom stereocenters. The van der Waals surface area contributed by atoms with Gasteiger partial charge in [0.2, 0.25) is 11.8 Å². The van der Waals surface area contributed by atoms with Crippen molar-refractivity contribution in [3.63, 3.8) is 0 Å². The highest BCUT2D eigenvalue weighted by Crippen LogP contribution is 2.37. The standard InChI is InChI=1S/C42H46F2N8O5/c1-42(2,56)31-19-34-24(16-35(31)46-41(55)30-23-57-36-4-3-11-45-39(30)36)20-52(48-34)26-7-5-25(6-8-26)49-12-14-50(15-13-49)28-21-51(22-28)27-17-32(43)38(33(44)18-27)29-9-10-37(53)47-40(29)54/h3-4,11,16-20,23,25-26,28-29,56H,5-10,12-15,21-22H2,1-2H3,(H,46,55)(H,47,53,54)/t25?,26?,29-/m1/s1. The summed E-state index contributed by atoms with van der Waals surface area (Å²) >= 11 is 0. The summed E-state index contributed by atoms with van der Waals surface area (Å²) in [6.45, 7) is 8.58. The van der Waals surface area contributed by atoms with Gasteiger partial charge in [-0.1, -0.05) is 0 Å². The number of nitrogens with one attached hydrogen (secondary N) is 2. The number of anilines is 2. The summed E-state index contributed by atoms with van der Waals surface area (Å²) in [5.41, 5.74) is 2.12. The fraction of sp³-hybridized carbons (Fsp3) is 0.452. The van der Waals surface area contributed by atoms with Gasteiger partial charge >= 0.3 is 0 Å². The number of aromatic nitrogens is 3. The van der Waals surface area contributed by atoms with Crippen LogP contribution in [0.2, 0.25) is 0 Å². The molecule has 298 valence electrons. The van der Waals surface area contributed by atoms with Crippen LogP contribution in [0.15, 0.2) is 59.5 Å². The molecule has 13 nitrogen and oxygen atoms in total. The highest BCUT2D eigenvalue weighted by Gasteiger charge is 2.38. The van der Waals surface area contributed by atoms with Gasteiger partial charge in [-0.3, -0.25) is 39.2 Å². The van der Waals surface area contributed by atoms with Gasteiger partial charge in [0.05, 0.1) is 23.1 Å². The monoisotopic (exact) mass is 780 g/mol. The molecular formula is C42H46F2N8O5. The van der Waals surface area contributed by atoms with E-state index in [0.29, 0.717) is 58.8 Å². The molecule has 9 rings (SSSR count). The van der Waals surface area contributed by atoms with E-state index in [1.807, 2.05) is 23.2 Å². The highest BCUT2D eigenvalue weighted by molar-refractivity contribution is 6.12. The second-order valence-corrected chi connectivity index (χ2v) is 16.5. The number of hydrogen-bond donors (Lipinski definition) is 3. The van der Waals surface area contributed by atoms with Crippen molar-refractivity contribution in [1.82, 2.24) is 29.9 Å². The molecule has 0 radical (unpaired) electrons. The third-order valence-electron chi connectivity index (χ3n) is 12.4. The maximum absolute atomic E-state index is 15.1. The van der Waals surface area contributed by atoms with Crippen molar-refractivity contribution in [2.75, 3.05) is 49.5 Å². The lowest BCUT2D eigenvalue weighted by atomic mass is 9.89. The lowest BCUT2D eigenvalue weighted by Gasteiger charge is -2.50. The zero-order valence-corrected chi connectivity index (χ0v) is 32.0. The Hall–Kier alpha value is -5.25. The number of carbonyl (C=O) groups is 3. The minimum absolute atomic E-state index is 0.0607. The predicted molar refractivity (Wildman–Crippen MR) is 209 cm³/mol. The van der Waals surface area contributed by atoms with E-state index in [2.05, 4.69) is 30.1 Å². The first-order valence-corrected chi connectivity index (χ1v) is 19.8. The number of imide groups is 1. The fourth-order valence-corrected chi connectivity index (χ4v) is 9.21. The number of pyridine rings is 1. The topological polar surface area (TPSA) is 149 Å². The van der Waals surface area contributed by atoms with Crippen LogP contribution in [-0.4, -0.2) is 98.7 Å². The third-order valence-corrected chi connectivity index (χ3v) is 12.4. The number of carbonyl (C=O) groups excluding carboxylic acids is 3. The number of aliphatic hydroxyl groups is 1. The molecule has 3 N–H and O–H groups in total. The van der Waals surface area contributed by atoms with E-state index in [4.69, 9.17) is 9.52 Å². The van der Waals surface area contributed by atoms with Gasteiger partial charge in [0.25, 0.3) is 5.91 Å². The summed E-state index contributed by atoms with van der Waals surface area (Å²) < 4.78 is 37.8. The predicted octanol–water partition coefficient (Wildman–Crippen LogP) is 5.45. The number of piperidine rings is 1. The lowest BCUT2D eigenvalue weighted by Crippen LogP contribution is -2.64. The minimum Gasteiger partial charge on any atom is -0.462 e. The van der Waals surface area contributed by atoms with Crippen molar-refractivity contribution in [3.8, 4) is 0 Å². The molecule has 1 saturated carbocycles. The molecule has 3 aliphatic heterocycles. The van der Waals surface area contributed by atoms with Crippen molar-refractivity contribution >= 4 is 51.1 Å². The van der Waals surface area contributed by atoms with E-state index in [0.717, 1.165) is 62.8 Å². The van der Waals surface area contributed by atoms with Crippen LogP contribution in [0.1, 0.15) is 85.8 Å². The average Bonchev–Trinajstić information content (AvgIpc) is 3.79. The Morgan fingerprint density at radius 1 is 0.947 bits per heavy atom. The van der Waals surface area contributed by atoms with Gasteiger partial charge < -0.3 is 19.7 Å². The molecule has 2 aromatic carbocycles. The van der Waals surface area contributed by atoms with E-state index in [1.54, 1.807) is 32.2 Å².